The maximum atomic E-state index is 5.98. The highest BCUT2D eigenvalue weighted by molar-refractivity contribution is 8.00. The van der Waals surface area contributed by atoms with Crippen molar-refractivity contribution in [3.8, 4) is 0 Å². The number of rotatable bonds is 1. The Morgan fingerprint density at radius 1 is 1.50 bits per heavy atom. The van der Waals surface area contributed by atoms with E-state index < -0.39 is 0 Å². The quantitative estimate of drug-likeness (QED) is 0.784. The van der Waals surface area contributed by atoms with Gasteiger partial charge in [-0.25, -0.2) is 4.98 Å². The molecule has 1 aliphatic rings. The highest BCUT2D eigenvalue weighted by Crippen LogP contribution is 2.45. The Hall–Kier alpha value is -0.810. The molecule has 1 fully saturated rings. The molecule has 1 saturated heterocycles. The number of hydrogen-bond donors (Lipinski definition) is 0. The number of aromatic nitrogens is 4. The van der Waals surface area contributed by atoms with Gasteiger partial charge in [0.2, 0.25) is 0 Å². The Labute approximate surface area is 102 Å². The second-order valence-electron chi connectivity index (χ2n) is 4.12. The van der Waals surface area contributed by atoms with Crippen molar-refractivity contribution in [3.63, 3.8) is 0 Å². The van der Waals surface area contributed by atoms with Crippen LogP contribution >= 0.6 is 23.4 Å². The van der Waals surface area contributed by atoms with Crippen LogP contribution in [-0.2, 0) is 4.75 Å². The molecule has 0 N–H and O–H groups in total. The average molecular weight is 255 g/mol. The molecule has 84 valence electrons. The Kier molecular flexibility index (Phi) is 2.33. The van der Waals surface area contributed by atoms with Gasteiger partial charge in [-0.15, -0.1) is 22.0 Å². The Morgan fingerprint density at radius 3 is 3.12 bits per heavy atom. The summed E-state index contributed by atoms with van der Waals surface area (Å²) in [4.78, 5) is 4.01. The molecule has 6 heteroatoms. The van der Waals surface area contributed by atoms with Gasteiger partial charge in [0.15, 0.2) is 16.6 Å². The first-order valence-corrected chi connectivity index (χ1v) is 6.57. The number of halogens is 1. The van der Waals surface area contributed by atoms with Crippen molar-refractivity contribution in [1.82, 2.24) is 19.6 Å². The molecule has 0 radical (unpaired) electrons. The molecular formula is C10H11ClN4S. The summed E-state index contributed by atoms with van der Waals surface area (Å²) >= 11 is 7.92. The summed E-state index contributed by atoms with van der Waals surface area (Å²) < 4.78 is 2.01. The molecule has 0 saturated carbocycles. The van der Waals surface area contributed by atoms with Gasteiger partial charge in [0.25, 0.3) is 0 Å². The first kappa shape index (κ1) is 10.4. The lowest BCUT2D eigenvalue weighted by Crippen LogP contribution is -2.17. The fourth-order valence-electron chi connectivity index (χ4n) is 2.11. The minimum atomic E-state index is 0.0596. The number of thioether (sulfide) groups is 1. The Bertz CT molecular complexity index is 533. The van der Waals surface area contributed by atoms with Crippen LogP contribution in [0.1, 0.15) is 25.6 Å². The normalized spacial score (nSPS) is 25.4. The van der Waals surface area contributed by atoms with Gasteiger partial charge >= 0.3 is 0 Å². The molecule has 1 atom stereocenters. The molecule has 4 nitrogen and oxygen atoms in total. The lowest BCUT2D eigenvalue weighted by molar-refractivity contribution is 0.597. The molecule has 0 spiro atoms. The minimum Gasteiger partial charge on any atom is -0.281 e. The maximum Gasteiger partial charge on any atom is 0.198 e. The van der Waals surface area contributed by atoms with Crippen LogP contribution in [-0.4, -0.2) is 25.3 Å². The predicted octanol–water partition coefficient (Wildman–Crippen LogP) is 2.52. The second-order valence-corrected chi connectivity index (χ2v) is 6.07. The van der Waals surface area contributed by atoms with E-state index in [1.165, 1.54) is 12.2 Å². The molecule has 2 aromatic rings. The lowest BCUT2D eigenvalue weighted by Gasteiger charge is -2.19. The topological polar surface area (TPSA) is 43.1 Å². The van der Waals surface area contributed by atoms with Crippen molar-refractivity contribution in [2.75, 3.05) is 5.75 Å². The molecule has 0 aromatic carbocycles. The number of hydrogen-bond acceptors (Lipinski definition) is 4. The van der Waals surface area contributed by atoms with E-state index in [1.54, 1.807) is 6.20 Å². The van der Waals surface area contributed by atoms with Crippen molar-refractivity contribution >= 4 is 29.0 Å². The summed E-state index contributed by atoms with van der Waals surface area (Å²) in [7, 11) is 0. The lowest BCUT2D eigenvalue weighted by atomic mass is 10.1. The first-order chi connectivity index (χ1) is 7.71. The largest absolute Gasteiger partial charge is 0.281 e. The molecule has 0 aliphatic carbocycles. The van der Waals surface area contributed by atoms with E-state index in [-0.39, 0.29) is 4.75 Å². The van der Waals surface area contributed by atoms with E-state index >= 15 is 0 Å². The molecule has 3 rings (SSSR count). The van der Waals surface area contributed by atoms with Crippen LogP contribution in [0.3, 0.4) is 0 Å². The highest BCUT2D eigenvalue weighted by Gasteiger charge is 2.36. The molecule has 16 heavy (non-hydrogen) atoms. The van der Waals surface area contributed by atoms with Gasteiger partial charge < -0.3 is 0 Å². The van der Waals surface area contributed by atoms with Crippen LogP contribution < -0.4 is 0 Å². The monoisotopic (exact) mass is 254 g/mol. The summed E-state index contributed by atoms with van der Waals surface area (Å²) in [6, 6.07) is 0. The Balaban J connectivity index is 2.21. The van der Waals surface area contributed by atoms with Gasteiger partial charge in [0.1, 0.15) is 0 Å². The molecular weight excluding hydrogens is 244 g/mol. The van der Waals surface area contributed by atoms with Gasteiger partial charge in [-0.2, -0.15) is 0 Å². The second kappa shape index (κ2) is 3.60. The molecule has 1 aliphatic heterocycles. The van der Waals surface area contributed by atoms with Crippen molar-refractivity contribution in [2.45, 2.75) is 24.5 Å². The van der Waals surface area contributed by atoms with E-state index in [0.29, 0.717) is 10.8 Å². The van der Waals surface area contributed by atoms with Crippen LogP contribution in [0, 0.1) is 0 Å². The van der Waals surface area contributed by atoms with Crippen LogP contribution in [0.2, 0.25) is 5.15 Å². The summed E-state index contributed by atoms with van der Waals surface area (Å²) in [5, 5.41) is 8.80. The molecule has 0 amide bonds. The minimum absolute atomic E-state index is 0.0596. The van der Waals surface area contributed by atoms with Crippen molar-refractivity contribution in [2.24, 2.45) is 0 Å². The van der Waals surface area contributed by atoms with Gasteiger partial charge in [-0.3, -0.25) is 4.40 Å². The van der Waals surface area contributed by atoms with Crippen molar-refractivity contribution in [3.05, 3.63) is 23.4 Å². The zero-order valence-electron chi connectivity index (χ0n) is 8.85. The van der Waals surface area contributed by atoms with E-state index in [4.69, 9.17) is 11.6 Å². The smallest absolute Gasteiger partial charge is 0.198 e. The molecule has 0 bridgehead atoms. The van der Waals surface area contributed by atoms with E-state index in [2.05, 4.69) is 22.1 Å². The van der Waals surface area contributed by atoms with Gasteiger partial charge in [0.05, 0.1) is 4.75 Å². The van der Waals surface area contributed by atoms with E-state index in [0.717, 1.165) is 12.2 Å². The summed E-state index contributed by atoms with van der Waals surface area (Å²) in [6.07, 6.45) is 5.93. The summed E-state index contributed by atoms with van der Waals surface area (Å²) in [5.74, 6) is 2.17. The van der Waals surface area contributed by atoms with Gasteiger partial charge in [-0.1, -0.05) is 11.6 Å². The average Bonchev–Trinajstić information content (AvgIpc) is 2.85. The highest BCUT2D eigenvalue weighted by atomic mass is 35.5. The molecule has 1 unspecified atom stereocenters. The van der Waals surface area contributed by atoms with Gasteiger partial charge in [-0.05, 0) is 25.5 Å². The predicted molar refractivity (Wildman–Crippen MR) is 64.8 cm³/mol. The SMILES string of the molecule is CC1(c2nnc3c(Cl)nccn23)CCCS1. The molecule has 2 aromatic heterocycles. The number of fused-ring (bicyclic) bond motifs is 1. The van der Waals surface area contributed by atoms with E-state index in [1.807, 2.05) is 22.4 Å². The van der Waals surface area contributed by atoms with Crippen LogP contribution in [0.15, 0.2) is 12.4 Å². The van der Waals surface area contributed by atoms with E-state index in [9.17, 15) is 0 Å². The third kappa shape index (κ3) is 1.42. The standard InChI is InChI=1S/C10H11ClN4S/c1-10(3-2-6-16-10)9-14-13-8-7(11)12-4-5-15(8)9/h4-5H,2-3,6H2,1H3. The van der Waals surface area contributed by atoms with Crippen LogP contribution in [0.25, 0.3) is 5.65 Å². The maximum absolute atomic E-state index is 5.98. The fraction of sp³-hybridized carbons (Fsp3) is 0.500. The third-order valence-electron chi connectivity index (χ3n) is 2.98. The zero-order valence-corrected chi connectivity index (χ0v) is 10.4. The zero-order chi connectivity index (χ0) is 11.2. The fourth-order valence-corrected chi connectivity index (χ4v) is 3.59. The molecule has 3 heterocycles. The van der Waals surface area contributed by atoms with Crippen LogP contribution in [0.5, 0.6) is 0 Å². The third-order valence-corrected chi connectivity index (χ3v) is 4.76. The summed E-state index contributed by atoms with van der Waals surface area (Å²) in [5.41, 5.74) is 0.646. The number of nitrogens with zero attached hydrogens (tertiary/aromatic N) is 4. The van der Waals surface area contributed by atoms with Crippen molar-refractivity contribution < 1.29 is 0 Å². The van der Waals surface area contributed by atoms with Gasteiger partial charge in [0, 0.05) is 12.4 Å². The summed E-state index contributed by atoms with van der Waals surface area (Å²) in [6.45, 7) is 2.22. The van der Waals surface area contributed by atoms with Crippen LogP contribution in [0.4, 0.5) is 0 Å². The Morgan fingerprint density at radius 2 is 2.38 bits per heavy atom. The van der Waals surface area contributed by atoms with Crippen molar-refractivity contribution in [1.29, 1.82) is 0 Å². The first-order valence-electron chi connectivity index (χ1n) is 5.20.